The molecular weight excluding hydrogens is 186 g/mol. The molecule has 1 aromatic rings. The normalized spacial score (nSPS) is 24.5. The molecule has 3 heteroatoms. The predicted octanol–water partition coefficient (Wildman–Crippen LogP) is 2.36. The Morgan fingerprint density at radius 2 is 2.13 bits per heavy atom. The lowest BCUT2D eigenvalue weighted by molar-refractivity contribution is 0.309. The summed E-state index contributed by atoms with van der Waals surface area (Å²) in [6.07, 6.45) is 6.31. The molecule has 0 amide bonds. The van der Waals surface area contributed by atoms with E-state index in [-0.39, 0.29) is 0 Å². The van der Waals surface area contributed by atoms with Crippen molar-refractivity contribution in [2.24, 2.45) is 5.92 Å². The zero-order valence-corrected chi connectivity index (χ0v) is 9.70. The monoisotopic (exact) mass is 205 g/mol. The molecule has 0 aromatic carbocycles. The Bertz CT molecular complexity index is 329. The van der Waals surface area contributed by atoms with Crippen LogP contribution in [-0.4, -0.2) is 25.1 Å². The van der Waals surface area contributed by atoms with Crippen LogP contribution in [0.3, 0.4) is 0 Å². The van der Waals surface area contributed by atoms with Crippen LogP contribution in [0, 0.1) is 5.92 Å². The number of anilines is 2. The molecule has 1 aliphatic rings. The number of hydrogen-bond donors (Lipinski definition) is 1. The minimum absolute atomic E-state index is 0.642. The van der Waals surface area contributed by atoms with Crippen LogP contribution >= 0.6 is 0 Å². The second-order valence-electron chi connectivity index (χ2n) is 4.71. The summed E-state index contributed by atoms with van der Waals surface area (Å²) in [5.74, 6) is 0.877. The largest absolute Gasteiger partial charge is 0.379 e. The molecule has 1 aliphatic carbocycles. The van der Waals surface area contributed by atoms with Crippen LogP contribution in [0.15, 0.2) is 18.5 Å². The topological polar surface area (TPSA) is 28.2 Å². The molecule has 0 saturated heterocycles. The highest BCUT2D eigenvalue weighted by Crippen LogP contribution is 2.32. The van der Waals surface area contributed by atoms with Gasteiger partial charge in [-0.05, 0) is 24.8 Å². The molecule has 0 aliphatic heterocycles. The van der Waals surface area contributed by atoms with E-state index < -0.39 is 0 Å². The molecule has 1 fully saturated rings. The molecular formula is C12H19N3. The predicted molar refractivity (Wildman–Crippen MR) is 64.4 cm³/mol. The molecule has 0 radical (unpaired) electrons. The summed E-state index contributed by atoms with van der Waals surface area (Å²) in [6.45, 7) is 2.30. The Kier molecular flexibility index (Phi) is 2.80. The fourth-order valence-electron chi connectivity index (χ4n) is 2.13. The lowest BCUT2D eigenvalue weighted by atomic mass is 9.82. The average Bonchev–Trinajstić information content (AvgIpc) is 2.16. The van der Waals surface area contributed by atoms with E-state index in [1.165, 1.54) is 18.5 Å². The van der Waals surface area contributed by atoms with Gasteiger partial charge in [0, 0.05) is 26.3 Å². The molecule has 2 rings (SSSR count). The van der Waals surface area contributed by atoms with Gasteiger partial charge in [-0.15, -0.1) is 0 Å². The second kappa shape index (κ2) is 4.09. The van der Waals surface area contributed by atoms with Gasteiger partial charge < -0.3 is 10.2 Å². The van der Waals surface area contributed by atoms with E-state index in [0.717, 1.165) is 11.6 Å². The van der Waals surface area contributed by atoms with Crippen LogP contribution in [0.4, 0.5) is 11.4 Å². The Morgan fingerprint density at radius 3 is 2.73 bits per heavy atom. The summed E-state index contributed by atoms with van der Waals surface area (Å²) >= 11 is 0. The van der Waals surface area contributed by atoms with Gasteiger partial charge in [-0.1, -0.05) is 6.92 Å². The third-order valence-corrected chi connectivity index (χ3v) is 3.01. The molecule has 1 heterocycles. The van der Waals surface area contributed by atoms with Crippen molar-refractivity contribution < 1.29 is 0 Å². The molecule has 0 unspecified atom stereocenters. The maximum atomic E-state index is 4.17. The van der Waals surface area contributed by atoms with Gasteiger partial charge in [-0.3, -0.25) is 4.98 Å². The van der Waals surface area contributed by atoms with E-state index in [0.29, 0.717) is 6.04 Å². The van der Waals surface area contributed by atoms with E-state index in [1.807, 2.05) is 18.5 Å². The Hall–Kier alpha value is -1.25. The van der Waals surface area contributed by atoms with Gasteiger partial charge >= 0.3 is 0 Å². The number of nitrogens with zero attached hydrogens (tertiary/aromatic N) is 2. The number of aromatic nitrogens is 1. The molecule has 82 valence electrons. The van der Waals surface area contributed by atoms with E-state index in [4.69, 9.17) is 0 Å². The van der Waals surface area contributed by atoms with Crippen molar-refractivity contribution >= 4 is 11.4 Å². The van der Waals surface area contributed by atoms with Crippen molar-refractivity contribution in [2.75, 3.05) is 24.3 Å². The standard InChI is InChI=1S/C12H19N3/c1-9-6-10(7-9)14-11-8-13-5-4-12(11)15(2)3/h4-5,8-10,14H,6-7H2,1-3H3. The second-order valence-corrected chi connectivity index (χ2v) is 4.71. The summed E-state index contributed by atoms with van der Waals surface area (Å²) in [6, 6.07) is 2.69. The van der Waals surface area contributed by atoms with Crippen LogP contribution in [-0.2, 0) is 0 Å². The molecule has 0 spiro atoms. The smallest absolute Gasteiger partial charge is 0.0766 e. The van der Waals surface area contributed by atoms with Gasteiger partial charge in [0.2, 0.25) is 0 Å². The van der Waals surface area contributed by atoms with Gasteiger partial charge in [0.05, 0.1) is 17.6 Å². The van der Waals surface area contributed by atoms with Crippen molar-refractivity contribution in [3.8, 4) is 0 Å². The van der Waals surface area contributed by atoms with Crippen LogP contribution in [0.25, 0.3) is 0 Å². The number of nitrogens with one attached hydrogen (secondary N) is 1. The Morgan fingerprint density at radius 1 is 1.40 bits per heavy atom. The maximum absolute atomic E-state index is 4.17. The first-order valence-corrected chi connectivity index (χ1v) is 5.54. The Balaban J connectivity index is 2.07. The summed E-state index contributed by atoms with van der Waals surface area (Å²) in [5.41, 5.74) is 2.36. The quantitative estimate of drug-likeness (QED) is 0.821. The van der Waals surface area contributed by atoms with Gasteiger partial charge in [-0.2, -0.15) is 0 Å². The van der Waals surface area contributed by atoms with Crippen molar-refractivity contribution in [3.63, 3.8) is 0 Å². The van der Waals surface area contributed by atoms with Gasteiger partial charge in [0.1, 0.15) is 0 Å². The zero-order valence-electron chi connectivity index (χ0n) is 9.70. The zero-order chi connectivity index (χ0) is 10.8. The fourth-order valence-corrected chi connectivity index (χ4v) is 2.13. The van der Waals surface area contributed by atoms with Gasteiger partial charge in [0.15, 0.2) is 0 Å². The summed E-state index contributed by atoms with van der Waals surface area (Å²) in [5, 5.41) is 3.55. The lowest BCUT2D eigenvalue weighted by Crippen LogP contribution is -2.34. The fraction of sp³-hybridized carbons (Fsp3) is 0.583. The first kappa shape index (κ1) is 10.3. The highest BCUT2D eigenvalue weighted by atomic mass is 15.1. The van der Waals surface area contributed by atoms with Crippen molar-refractivity contribution in [3.05, 3.63) is 18.5 Å². The minimum atomic E-state index is 0.642. The maximum Gasteiger partial charge on any atom is 0.0766 e. The Labute approximate surface area is 91.5 Å². The van der Waals surface area contributed by atoms with Crippen molar-refractivity contribution in [1.82, 2.24) is 4.98 Å². The highest BCUT2D eigenvalue weighted by molar-refractivity contribution is 5.68. The highest BCUT2D eigenvalue weighted by Gasteiger charge is 2.25. The third kappa shape index (κ3) is 2.22. The van der Waals surface area contributed by atoms with E-state index in [2.05, 4.69) is 36.2 Å². The number of pyridine rings is 1. The summed E-state index contributed by atoms with van der Waals surface area (Å²) in [7, 11) is 4.12. The molecule has 3 nitrogen and oxygen atoms in total. The van der Waals surface area contributed by atoms with Crippen molar-refractivity contribution in [1.29, 1.82) is 0 Å². The lowest BCUT2D eigenvalue weighted by Gasteiger charge is -2.35. The summed E-state index contributed by atoms with van der Waals surface area (Å²) < 4.78 is 0. The van der Waals surface area contributed by atoms with Crippen molar-refractivity contribution in [2.45, 2.75) is 25.8 Å². The SMILES string of the molecule is CC1CC(Nc2cnccc2N(C)C)C1. The number of rotatable bonds is 3. The van der Waals surface area contributed by atoms with E-state index in [9.17, 15) is 0 Å². The van der Waals surface area contributed by atoms with Crippen LogP contribution in [0.2, 0.25) is 0 Å². The molecule has 1 N–H and O–H groups in total. The van der Waals surface area contributed by atoms with Crippen LogP contribution < -0.4 is 10.2 Å². The number of hydrogen-bond acceptors (Lipinski definition) is 3. The minimum Gasteiger partial charge on any atom is -0.379 e. The molecule has 1 aromatic heterocycles. The van der Waals surface area contributed by atoms with Gasteiger partial charge in [0.25, 0.3) is 0 Å². The first-order chi connectivity index (χ1) is 7.16. The van der Waals surface area contributed by atoms with Gasteiger partial charge in [-0.25, -0.2) is 0 Å². The molecule has 15 heavy (non-hydrogen) atoms. The van der Waals surface area contributed by atoms with E-state index in [1.54, 1.807) is 0 Å². The third-order valence-electron chi connectivity index (χ3n) is 3.01. The average molecular weight is 205 g/mol. The summed E-state index contributed by atoms with van der Waals surface area (Å²) in [4.78, 5) is 6.29. The molecule has 1 saturated carbocycles. The molecule has 0 atom stereocenters. The van der Waals surface area contributed by atoms with Crippen LogP contribution in [0.5, 0.6) is 0 Å². The van der Waals surface area contributed by atoms with E-state index >= 15 is 0 Å². The first-order valence-electron chi connectivity index (χ1n) is 5.54. The molecule has 0 bridgehead atoms. The van der Waals surface area contributed by atoms with Crippen LogP contribution in [0.1, 0.15) is 19.8 Å².